The van der Waals surface area contributed by atoms with Crippen molar-refractivity contribution in [2.45, 2.75) is 13.0 Å². The second kappa shape index (κ2) is 9.11. The van der Waals surface area contributed by atoms with E-state index in [9.17, 15) is 9.18 Å². The molecule has 0 unspecified atom stereocenters. The normalized spacial score (nSPS) is 11.1. The number of aromatic nitrogens is 4. The van der Waals surface area contributed by atoms with Crippen LogP contribution in [-0.2, 0) is 20.0 Å². The summed E-state index contributed by atoms with van der Waals surface area (Å²) in [5, 5.41) is 8.24. The van der Waals surface area contributed by atoms with Gasteiger partial charge in [-0.05, 0) is 35.4 Å². The van der Waals surface area contributed by atoms with E-state index >= 15 is 0 Å². The van der Waals surface area contributed by atoms with E-state index in [1.165, 1.54) is 6.07 Å². The van der Waals surface area contributed by atoms with E-state index in [2.05, 4.69) is 26.4 Å². The van der Waals surface area contributed by atoms with Crippen LogP contribution < -0.4 is 5.32 Å². The van der Waals surface area contributed by atoms with Gasteiger partial charge in [0.1, 0.15) is 5.82 Å². The summed E-state index contributed by atoms with van der Waals surface area (Å²) in [6.45, 7) is 0.0485. The minimum atomic E-state index is -0.407. The van der Waals surface area contributed by atoms with Gasteiger partial charge in [-0.25, -0.2) is 4.39 Å². The number of fused-ring (bicyclic) bond motifs is 1. The van der Waals surface area contributed by atoms with Gasteiger partial charge >= 0.3 is 0 Å². The summed E-state index contributed by atoms with van der Waals surface area (Å²) >= 11 is 6.13. The molecular formula is C26H21ClFN5O. The highest BCUT2D eigenvalue weighted by Gasteiger charge is 2.12. The minimum Gasteiger partial charge on any atom is -0.360 e. The number of nitrogens with zero attached hydrogens (tertiary/aromatic N) is 3. The number of nitrogens with one attached hydrogen (secondary N) is 2. The fraction of sp³-hybridized carbons (Fsp3) is 0.115. The quantitative estimate of drug-likeness (QED) is 0.352. The molecule has 0 fully saturated rings. The van der Waals surface area contributed by atoms with Gasteiger partial charge in [0.05, 0.1) is 11.2 Å². The maximum absolute atomic E-state index is 14.4. The number of hydrogen-bond acceptors (Lipinski definition) is 3. The van der Waals surface area contributed by atoms with Crippen molar-refractivity contribution in [2.24, 2.45) is 7.05 Å². The first-order valence-corrected chi connectivity index (χ1v) is 11.1. The topological polar surface area (TPSA) is 75.6 Å². The summed E-state index contributed by atoms with van der Waals surface area (Å²) in [6.07, 6.45) is 7.59. The van der Waals surface area contributed by atoms with Gasteiger partial charge in [0.2, 0.25) is 0 Å². The second-order valence-corrected chi connectivity index (χ2v) is 8.53. The number of aromatic amines is 1. The third-order valence-electron chi connectivity index (χ3n) is 5.67. The number of amides is 1. The maximum atomic E-state index is 14.4. The van der Waals surface area contributed by atoms with Crippen LogP contribution in [0.2, 0.25) is 5.02 Å². The predicted octanol–water partition coefficient (Wildman–Crippen LogP) is 5.28. The van der Waals surface area contributed by atoms with Crippen LogP contribution in [0, 0.1) is 5.82 Å². The summed E-state index contributed by atoms with van der Waals surface area (Å²) in [5.74, 6) is -0.706. The summed E-state index contributed by atoms with van der Waals surface area (Å²) in [7, 11) is 1.88. The van der Waals surface area contributed by atoms with E-state index < -0.39 is 5.82 Å². The minimum absolute atomic E-state index is 0.0485. The van der Waals surface area contributed by atoms with Gasteiger partial charge in [0.15, 0.2) is 0 Å². The molecule has 1 amide bonds. The van der Waals surface area contributed by atoms with Crippen molar-refractivity contribution in [2.75, 3.05) is 0 Å². The molecule has 8 heteroatoms. The molecule has 0 atom stereocenters. The monoisotopic (exact) mass is 473 g/mol. The number of carbonyl (C=O) groups is 1. The highest BCUT2D eigenvalue weighted by molar-refractivity contribution is 6.35. The van der Waals surface area contributed by atoms with Crippen LogP contribution in [0.25, 0.3) is 22.0 Å². The fourth-order valence-electron chi connectivity index (χ4n) is 3.92. The molecule has 5 aromatic rings. The first-order valence-electron chi connectivity index (χ1n) is 10.7. The van der Waals surface area contributed by atoms with Gasteiger partial charge in [0.25, 0.3) is 5.91 Å². The Morgan fingerprint density at radius 2 is 2.06 bits per heavy atom. The van der Waals surface area contributed by atoms with Gasteiger partial charge in [-0.3, -0.25) is 14.5 Å². The summed E-state index contributed by atoms with van der Waals surface area (Å²) in [4.78, 5) is 20.1. The molecule has 0 saturated carbocycles. The Bertz CT molecular complexity index is 1510. The molecule has 2 N–H and O–H groups in total. The van der Waals surface area contributed by atoms with Gasteiger partial charge < -0.3 is 10.3 Å². The first kappa shape index (κ1) is 21.9. The van der Waals surface area contributed by atoms with Crippen molar-refractivity contribution in [3.63, 3.8) is 0 Å². The lowest BCUT2D eigenvalue weighted by Gasteiger charge is -2.09. The average Bonchev–Trinajstić information content (AvgIpc) is 3.43. The molecule has 5 rings (SSSR count). The number of aryl methyl sites for hydroxylation is 1. The molecule has 0 bridgehead atoms. The molecule has 34 heavy (non-hydrogen) atoms. The van der Waals surface area contributed by atoms with Crippen molar-refractivity contribution in [3.05, 3.63) is 107 Å². The van der Waals surface area contributed by atoms with E-state index in [1.807, 2.05) is 37.6 Å². The number of benzene rings is 2. The number of rotatable bonds is 6. The van der Waals surface area contributed by atoms with Gasteiger partial charge in [-0.15, -0.1) is 0 Å². The third kappa shape index (κ3) is 4.56. The van der Waals surface area contributed by atoms with Crippen molar-refractivity contribution in [1.29, 1.82) is 0 Å². The van der Waals surface area contributed by atoms with Gasteiger partial charge in [0, 0.05) is 71.9 Å². The molecule has 0 aliphatic heterocycles. The van der Waals surface area contributed by atoms with E-state index in [0.717, 1.165) is 22.4 Å². The lowest BCUT2D eigenvalue weighted by atomic mass is 10.0. The Morgan fingerprint density at radius 1 is 1.18 bits per heavy atom. The average molecular weight is 474 g/mol. The van der Waals surface area contributed by atoms with Crippen LogP contribution in [0.4, 0.5) is 4.39 Å². The van der Waals surface area contributed by atoms with Crippen LogP contribution in [0.15, 0.2) is 73.3 Å². The Balaban J connectivity index is 1.29. The maximum Gasteiger partial charge on any atom is 0.251 e. The Labute approximate surface area is 200 Å². The summed E-state index contributed by atoms with van der Waals surface area (Å²) < 4.78 is 16.2. The Kier molecular flexibility index (Phi) is 5.86. The summed E-state index contributed by atoms with van der Waals surface area (Å²) in [6, 6.07) is 14.6. The largest absolute Gasteiger partial charge is 0.360 e. The molecule has 0 aliphatic rings. The number of H-pyrrole nitrogens is 1. The molecule has 3 heterocycles. The van der Waals surface area contributed by atoms with Gasteiger partial charge in [-0.1, -0.05) is 35.9 Å². The first-order chi connectivity index (χ1) is 16.5. The van der Waals surface area contributed by atoms with Crippen LogP contribution >= 0.6 is 11.6 Å². The number of pyridine rings is 1. The van der Waals surface area contributed by atoms with Crippen LogP contribution in [0.3, 0.4) is 0 Å². The third-order valence-corrected chi connectivity index (χ3v) is 5.98. The van der Waals surface area contributed by atoms with Crippen LogP contribution in [-0.4, -0.2) is 25.7 Å². The van der Waals surface area contributed by atoms with Crippen molar-refractivity contribution < 1.29 is 9.18 Å². The SMILES string of the molecule is Cn1cc(-c2cccc(Cc3cc(C(=O)NCc4cc5c(Cl)c[nH]c5cc4F)ccn3)c2)cn1. The van der Waals surface area contributed by atoms with E-state index in [-0.39, 0.29) is 12.5 Å². The smallest absolute Gasteiger partial charge is 0.251 e. The number of carbonyl (C=O) groups excluding carboxylic acids is 1. The van der Waals surface area contributed by atoms with E-state index in [4.69, 9.17) is 11.6 Å². The van der Waals surface area contributed by atoms with Crippen molar-refractivity contribution in [3.8, 4) is 11.1 Å². The van der Waals surface area contributed by atoms with Gasteiger partial charge in [-0.2, -0.15) is 5.10 Å². The van der Waals surface area contributed by atoms with Crippen LogP contribution in [0.1, 0.15) is 27.2 Å². The predicted molar refractivity (Wildman–Crippen MR) is 130 cm³/mol. The Hall–Kier alpha value is -3.97. The number of halogens is 2. The fourth-order valence-corrected chi connectivity index (χ4v) is 4.13. The van der Waals surface area contributed by atoms with E-state index in [0.29, 0.717) is 33.5 Å². The summed E-state index contributed by atoms with van der Waals surface area (Å²) in [5.41, 5.74) is 5.40. The molecule has 0 radical (unpaired) electrons. The highest BCUT2D eigenvalue weighted by Crippen LogP contribution is 2.26. The lowest BCUT2D eigenvalue weighted by Crippen LogP contribution is -2.23. The van der Waals surface area contributed by atoms with E-state index in [1.54, 1.807) is 35.3 Å². The van der Waals surface area contributed by atoms with Crippen molar-refractivity contribution in [1.82, 2.24) is 25.1 Å². The molecule has 0 spiro atoms. The Morgan fingerprint density at radius 3 is 2.88 bits per heavy atom. The van der Waals surface area contributed by atoms with Crippen molar-refractivity contribution >= 4 is 28.4 Å². The molecule has 2 aromatic carbocycles. The lowest BCUT2D eigenvalue weighted by molar-refractivity contribution is 0.0950. The molecule has 6 nitrogen and oxygen atoms in total. The highest BCUT2D eigenvalue weighted by atomic mass is 35.5. The zero-order chi connectivity index (χ0) is 23.7. The molecule has 3 aromatic heterocycles. The molecule has 170 valence electrons. The second-order valence-electron chi connectivity index (χ2n) is 8.12. The molecule has 0 saturated heterocycles. The number of hydrogen-bond donors (Lipinski definition) is 2. The van der Waals surface area contributed by atoms with Crippen LogP contribution in [0.5, 0.6) is 0 Å². The zero-order valence-corrected chi connectivity index (χ0v) is 19.1. The molecule has 0 aliphatic carbocycles. The zero-order valence-electron chi connectivity index (χ0n) is 18.3. The standard InChI is InChI=1S/C26H21ClFN5O/c1-33-15-20(13-32-33)17-4-2-3-16(7-17)8-21-9-18(5-6-29-21)26(34)31-12-19-10-22-23(27)14-30-25(22)11-24(19)28/h2-7,9-11,13-15,30H,8,12H2,1H3,(H,31,34). The molecular weight excluding hydrogens is 453 g/mol.